The van der Waals surface area contributed by atoms with Gasteiger partial charge in [-0.2, -0.15) is 13.2 Å². The number of nitrogens with zero attached hydrogens (tertiary/aromatic N) is 1. The van der Waals surface area contributed by atoms with Gasteiger partial charge >= 0.3 is 6.18 Å². The highest BCUT2D eigenvalue weighted by molar-refractivity contribution is 5.28. The molecule has 0 radical (unpaired) electrons. The average molecular weight is 300 g/mol. The third kappa shape index (κ3) is 3.77. The normalized spacial score (nSPS) is 22.0. The van der Waals surface area contributed by atoms with Gasteiger partial charge in [0, 0.05) is 19.1 Å². The van der Waals surface area contributed by atoms with Gasteiger partial charge in [0.25, 0.3) is 0 Å². The number of nitrogens with two attached hydrogens (primary N) is 1. The lowest BCUT2D eigenvalue weighted by molar-refractivity contribution is -0.137. The molecule has 5 heteroatoms. The Kier molecular flexibility index (Phi) is 4.94. The zero-order chi connectivity index (χ0) is 15.6. The van der Waals surface area contributed by atoms with E-state index in [1.54, 1.807) is 6.07 Å². The molecule has 0 amide bonds. The van der Waals surface area contributed by atoms with E-state index in [0.29, 0.717) is 23.9 Å². The van der Waals surface area contributed by atoms with Crippen LogP contribution in [0.25, 0.3) is 0 Å². The second-order valence-corrected chi connectivity index (χ2v) is 6.16. The summed E-state index contributed by atoms with van der Waals surface area (Å²) in [4.78, 5) is 2.22. The first-order valence-electron chi connectivity index (χ1n) is 7.44. The van der Waals surface area contributed by atoms with Gasteiger partial charge in [-0.15, -0.1) is 0 Å². The molecule has 2 rings (SSSR count). The molecule has 0 aliphatic carbocycles. The van der Waals surface area contributed by atoms with E-state index >= 15 is 0 Å². The van der Waals surface area contributed by atoms with Crippen molar-refractivity contribution in [3.05, 3.63) is 35.4 Å². The molecule has 0 bridgehead atoms. The Morgan fingerprint density at radius 3 is 2.57 bits per heavy atom. The van der Waals surface area contributed by atoms with E-state index in [1.807, 2.05) is 0 Å². The zero-order valence-corrected chi connectivity index (χ0v) is 12.5. The number of hydrogen-bond acceptors (Lipinski definition) is 2. The maximum atomic E-state index is 12.8. The van der Waals surface area contributed by atoms with Gasteiger partial charge in [0.1, 0.15) is 0 Å². The van der Waals surface area contributed by atoms with Gasteiger partial charge in [0.2, 0.25) is 0 Å². The largest absolute Gasteiger partial charge is 0.416 e. The number of alkyl halides is 3. The fourth-order valence-electron chi connectivity index (χ4n) is 3.06. The summed E-state index contributed by atoms with van der Waals surface area (Å²) in [6.07, 6.45) is -3.21. The Bertz CT molecular complexity index is 471. The Hall–Kier alpha value is -1.07. The second-order valence-electron chi connectivity index (χ2n) is 6.16. The molecule has 1 fully saturated rings. The van der Waals surface area contributed by atoms with E-state index < -0.39 is 11.7 Å². The second kappa shape index (κ2) is 6.36. The maximum absolute atomic E-state index is 12.8. The summed E-state index contributed by atoms with van der Waals surface area (Å²) in [6.45, 7) is 6.54. The Balaban J connectivity index is 2.19. The molecule has 2 nitrogen and oxygen atoms in total. The number of rotatable bonds is 4. The molecule has 1 aliphatic rings. The molecule has 2 N–H and O–H groups in total. The fraction of sp³-hybridized carbons (Fsp3) is 0.625. The van der Waals surface area contributed by atoms with Crippen molar-refractivity contribution in [3.63, 3.8) is 0 Å². The van der Waals surface area contributed by atoms with Crippen molar-refractivity contribution < 1.29 is 13.2 Å². The van der Waals surface area contributed by atoms with Crippen molar-refractivity contribution in [2.75, 3.05) is 19.6 Å². The molecule has 2 unspecified atom stereocenters. The first kappa shape index (κ1) is 16.3. The standard InChI is InChI=1S/C16H23F3N2/c1-11(2)13-6-7-21(10-13)15(9-20)12-4-3-5-14(8-12)16(17,18)19/h3-5,8,11,13,15H,6-7,9-10,20H2,1-2H3. The fourth-order valence-corrected chi connectivity index (χ4v) is 3.06. The van der Waals surface area contributed by atoms with Gasteiger partial charge in [0.05, 0.1) is 5.56 Å². The molecule has 0 spiro atoms. The minimum absolute atomic E-state index is 0.129. The topological polar surface area (TPSA) is 29.3 Å². The van der Waals surface area contributed by atoms with Crippen LogP contribution in [0.15, 0.2) is 24.3 Å². The quantitative estimate of drug-likeness (QED) is 0.919. The Morgan fingerprint density at radius 1 is 1.33 bits per heavy atom. The summed E-state index contributed by atoms with van der Waals surface area (Å²) >= 11 is 0. The third-order valence-corrected chi connectivity index (χ3v) is 4.46. The molecular formula is C16H23F3N2. The van der Waals surface area contributed by atoms with Gasteiger partial charge in [-0.3, -0.25) is 4.90 Å². The molecular weight excluding hydrogens is 277 g/mol. The van der Waals surface area contributed by atoms with E-state index in [1.165, 1.54) is 12.1 Å². The Labute approximate surface area is 124 Å². The number of halogens is 3. The van der Waals surface area contributed by atoms with Crippen molar-refractivity contribution in [2.45, 2.75) is 32.5 Å². The molecule has 21 heavy (non-hydrogen) atoms. The SMILES string of the molecule is CC(C)C1CCN(C(CN)c2cccc(C(F)(F)F)c2)C1. The maximum Gasteiger partial charge on any atom is 0.416 e. The summed E-state index contributed by atoms with van der Waals surface area (Å²) in [5, 5.41) is 0. The van der Waals surface area contributed by atoms with Crippen LogP contribution in [0.5, 0.6) is 0 Å². The van der Waals surface area contributed by atoms with Crippen molar-refractivity contribution in [1.82, 2.24) is 4.90 Å². The zero-order valence-electron chi connectivity index (χ0n) is 12.5. The van der Waals surface area contributed by atoms with Crippen molar-refractivity contribution in [1.29, 1.82) is 0 Å². The minimum Gasteiger partial charge on any atom is -0.329 e. The summed E-state index contributed by atoms with van der Waals surface area (Å²) < 4.78 is 38.5. The van der Waals surface area contributed by atoms with Crippen molar-refractivity contribution in [2.24, 2.45) is 17.6 Å². The number of likely N-dealkylation sites (tertiary alicyclic amines) is 1. The monoisotopic (exact) mass is 300 g/mol. The highest BCUT2D eigenvalue weighted by Crippen LogP contribution is 2.34. The molecule has 1 aromatic rings. The van der Waals surface area contributed by atoms with Gasteiger partial charge in [-0.25, -0.2) is 0 Å². The average Bonchev–Trinajstić information content (AvgIpc) is 2.89. The predicted octanol–water partition coefficient (Wildman–Crippen LogP) is 3.68. The Morgan fingerprint density at radius 2 is 2.05 bits per heavy atom. The van der Waals surface area contributed by atoms with Gasteiger partial charge in [0.15, 0.2) is 0 Å². The summed E-state index contributed by atoms with van der Waals surface area (Å²) in [5.74, 6) is 1.19. The highest BCUT2D eigenvalue weighted by atomic mass is 19.4. The minimum atomic E-state index is -4.30. The van der Waals surface area contributed by atoms with E-state index in [9.17, 15) is 13.2 Å². The van der Waals surface area contributed by atoms with E-state index in [-0.39, 0.29) is 6.04 Å². The van der Waals surface area contributed by atoms with E-state index in [4.69, 9.17) is 5.73 Å². The van der Waals surface area contributed by atoms with Crippen LogP contribution < -0.4 is 5.73 Å². The highest BCUT2D eigenvalue weighted by Gasteiger charge is 2.33. The molecule has 0 aromatic heterocycles. The van der Waals surface area contributed by atoms with Crippen LogP contribution in [-0.4, -0.2) is 24.5 Å². The third-order valence-electron chi connectivity index (χ3n) is 4.46. The molecule has 118 valence electrons. The van der Waals surface area contributed by atoms with Crippen molar-refractivity contribution in [3.8, 4) is 0 Å². The summed E-state index contributed by atoms with van der Waals surface area (Å²) in [7, 11) is 0. The van der Waals surface area contributed by atoms with Gasteiger partial charge in [-0.1, -0.05) is 26.0 Å². The van der Waals surface area contributed by atoms with Crippen LogP contribution in [0.4, 0.5) is 13.2 Å². The summed E-state index contributed by atoms with van der Waals surface area (Å²) in [5.41, 5.74) is 5.91. The van der Waals surface area contributed by atoms with Crippen LogP contribution in [0.3, 0.4) is 0 Å². The summed E-state index contributed by atoms with van der Waals surface area (Å²) in [6, 6.07) is 5.43. The van der Waals surface area contributed by atoms with E-state index in [0.717, 1.165) is 25.6 Å². The van der Waals surface area contributed by atoms with E-state index in [2.05, 4.69) is 18.7 Å². The number of hydrogen-bond donors (Lipinski definition) is 1. The van der Waals surface area contributed by atoms with Crippen LogP contribution in [-0.2, 0) is 6.18 Å². The molecule has 1 aliphatic heterocycles. The van der Waals surface area contributed by atoms with Crippen LogP contribution in [0, 0.1) is 11.8 Å². The lowest BCUT2D eigenvalue weighted by atomic mass is 9.95. The smallest absolute Gasteiger partial charge is 0.329 e. The van der Waals surface area contributed by atoms with Gasteiger partial charge < -0.3 is 5.73 Å². The predicted molar refractivity (Wildman–Crippen MR) is 77.8 cm³/mol. The number of benzene rings is 1. The lowest BCUT2D eigenvalue weighted by Gasteiger charge is -2.28. The first-order valence-corrected chi connectivity index (χ1v) is 7.44. The van der Waals surface area contributed by atoms with Crippen LogP contribution >= 0.6 is 0 Å². The molecule has 1 aromatic carbocycles. The van der Waals surface area contributed by atoms with Crippen LogP contribution in [0.1, 0.15) is 37.4 Å². The molecule has 1 saturated heterocycles. The first-order chi connectivity index (χ1) is 9.82. The molecule has 0 saturated carbocycles. The van der Waals surface area contributed by atoms with Crippen molar-refractivity contribution >= 4 is 0 Å². The lowest BCUT2D eigenvalue weighted by Crippen LogP contribution is -2.32. The molecule has 2 atom stereocenters. The van der Waals surface area contributed by atoms with Gasteiger partial charge in [-0.05, 0) is 42.5 Å². The molecule has 1 heterocycles. The van der Waals surface area contributed by atoms with Crippen LogP contribution in [0.2, 0.25) is 0 Å².